The highest BCUT2D eigenvalue weighted by Crippen LogP contribution is 2.32. The summed E-state index contributed by atoms with van der Waals surface area (Å²) < 4.78 is 38.5. The Morgan fingerprint density at radius 1 is 1.25 bits per heavy atom. The van der Waals surface area contributed by atoms with Gasteiger partial charge in [-0.25, -0.2) is 0 Å². The standard InChI is InChI=1S/C15H20F3N3O2.ClH/c1-3-5-11(19)12(22)21-14(2,13(20)23)9-6-4-7-10(8-9)15(16,17)18;/h4,6-8,11H,3,5,19H2,1-2H3,(H2,20,23)(H,21,22);1H. The molecular formula is C15H21ClF3N3O2. The molecule has 9 heteroatoms. The van der Waals surface area contributed by atoms with Gasteiger partial charge in [-0.2, -0.15) is 13.2 Å². The number of nitrogens with one attached hydrogen (secondary N) is 1. The van der Waals surface area contributed by atoms with Gasteiger partial charge in [-0.3, -0.25) is 9.59 Å². The Balaban J connectivity index is 0.00000529. The molecule has 0 bridgehead atoms. The zero-order valence-corrected chi connectivity index (χ0v) is 14.1. The molecule has 0 aliphatic carbocycles. The van der Waals surface area contributed by atoms with Crippen molar-refractivity contribution in [2.75, 3.05) is 0 Å². The molecule has 136 valence electrons. The number of carbonyl (C=O) groups excluding carboxylic acids is 2. The van der Waals surface area contributed by atoms with Crippen molar-refractivity contribution in [2.24, 2.45) is 11.5 Å². The number of rotatable bonds is 6. The van der Waals surface area contributed by atoms with Gasteiger partial charge < -0.3 is 16.8 Å². The lowest BCUT2D eigenvalue weighted by molar-refractivity contribution is -0.138. The maximum atomic E-state index is 12.8. The van der Waals surface area contributed by atoms with Crippen molar-refractivity contribution in [3.05, 3.63) is 35.4 Å². The Morgan fingerprint density at radius 2 is 1.79 bits per heavy atom. The van der Waals surface area contributed by atoms with E-state index in [9.17, 15) is 22.8 Å². The molecule has 0 saturated heterocycles. The highest BCUT2D eigenvalue weighted by atomic mass is 35.5. The van der Waals surface area contributed by atoms with Crippen LogP contribution in [-0.4, -0.2) is 17.9 Å². The molecule has 5 nitrogen and oxygen atoms in total. The number of amides is 2. The van der Waals surface area contributed by atoms with Gasteiger partial charge >= 0.3 is 6.18 Å². The minimum atomic E-state index is -4.57. The quantitative estimate of drug-likeness (QED) is 0.717. The van der Waals surface area contributed by atoms with Gasteiger partial charge in [0.25, 0.3) is 0 Å². The van der Waals surface area contributed by atoms with Crippen LogP contribution in [0.15, 0.2) is 24.3 Å². The van der Waals surface area contributed by atoms with Crippen molar-refractivity contribution in [2.45, 2.75) is 44.4 Å². The summed E-state index contributed by atoms with van der Waals surface area (Å²) in [5, 5.41) is 2.37. The lowest BCUT2D eigenvalue weighted by Gasteiger charge is -2.30. The van der Waals surface area contributed by atoms with Crippen molar-refractivity contribution < 1.29 is 22.8 Å². The minimum Gasteiger partial charge on any atom is -0.367 e. The molecule has 5 N–H and O–H groups in total. The SMILES string of the molecule is CCCC(N)C(=O)NC(C)(C(N)=O)c1cccc(C(F)(F)F)c1.Cl. The minimum absolute atomic E-state index is 0. The van der Waals surface area contributed by atoms with Crippen LogP contribution in [0.3, 0.4) is 0 Å². The van der Waals surface area contributed by atoms with E-state index in [1.807, 2.05) is 6.92 Å². The zero-order chi connectivity index (χ0) is 17.8. The predicted octanol–water partition coefficient (Wildman–Crippen LogP) is 2.07. The van der Waals surface area contributed by atoms with Gasteiger partial charge in [0.05, 0.1) is 11.6 Å². The first kappa shape index (κ1) is 22.2. The van der Waals surface area contributed by atoms with Crippen LogP contribution in [-0.2, 0) is 21.3 Å². The van der Waals surface area contributed by atoms with Crippen LogP contribution in [0.2, 0.25) is 0 Å². The zero-order valence-electron chi connectivity index (χ0n) is 13.3. The number of primary amides is 1. The number of hydrogen-bond donors (Lipinski definition) is 3. The Hall–Kier alpha value is -1.80. The van der Waals surface area contributed by atoms with E-state index in [1.54, 1.807) is 0 Å². The summed E-state index contributed by atoms with van der Waals surface area (Å²) in [5.74, 6) is -1.63. The summed E-state index contributed by atoms with van der Waals surface area (Å²) in [5.41, 5.74) is 8.19. The van der Waals surface area contributed by atoms with Crippen LogP contribution in [0.25, 0.3) is 0 Å². The van der Waals surface area contributed by atoms with Crippen LogP contribution in [0, 0.1) is 0 Å². The summed E-state index contributed by atoms with van der Waals surface area (Å²) in [7, 11) is 0. The average molecular weight is 368 g/mol. The number of benzene rings is 1. The third kappa shape index (κ3) is 5.10. The molecule has 0 aliphatic heterocycles. The largest absolute Gasteiger partial charge is 0.416 e. The van der Waals surface area contributed by atoms with Gasteiger partial charge in [0.1, 0.15) is 5.54 Å². The number of hydrogen-bond acceptors (Lipinski definition) is 3. The van der Waals surface area contributed by atoms with Gasteiger partial charge in [0.15, 0.2) is 0 Å². The first-order valence-electron chi connectivity index (χ1n) is 7.07. The highest BCUT2D eigenvalue weighted by molar-refractivity contribution is 5.92. The lowest BCUT2D eigenvalue weighted by Crippen LogP contribution is -2.56. The van der Waals surface area contributed by atoms with Gasteiger partial charge in [-0.15, -0.1) is 12.4 Å². The lowest BCUT2D eigenvalue weighted by atomic mass is 9.89. The fraction of sp³-hybridized carbons (Fsp3) is 0.467. The highest BCUT2D eigenvalue weighted by Gasteiger charge is 2.38. The molecule has 1 aromatic carbocycles. The monoisotopic (exact) mass is 367 g/mol. The molecule has 0 radical (unpaired) electrons. The number of alkyl halides is 3. The molecule has 1 aromatic rings. The van der Waals surface area contributed by atoms with E-state index in [-0.39, 0.29) is 18.0 Å². The van der Waals surface area contributed by atoms with Gasteiger partial charge in [-0.05, 0) is 31.0 Å². The second-order valence-electron chi connectivity index (χ2n) is 5.45. The molecule has 1 rings (SSSR count). The third-order valence-corrected chi connectivity index (χ3v) is 3.57. The van der Waals surface area contributed by atoms with Crippen LogP contribution in [0.1, 0.15) is 37.8 Å². The van der Waals surface area contributed by atoms with Crippen LogP contribution >= 0.6 is 12.4 Å². The number of halogens is 4. The van der Waals surface area contributed by atoms with E-state index in [0.29, 0.717) is 12.8 Å². The number of carbonyl (C=O) groups is 2. The summed E-state index contributed by atoms with van der Waals surface area (Å²) in [6, 6.07) is 3.24. The van der Waals surface area contributed by atoms with Crippen LogP contribution in [0.4, 0.5) is 13.2 Å². The Kier molecular flexibility index (Phi) is 7.72. The normalized spacial score (nSPS) is 14.9. The van der Waals surface area contributed by atoms with Crippen molar-refractivity contribution in [1.29, 1.82) is 0 Å². The molecule has 2 unspecified atom stereocenters. The maximum absolute atomic E-state index is 12.8. The molecule has 0 saturated carbocycles. The first-order valence-corrected chi connectivity index (χ1v) is 7.07. The molecule has 0 aliphatic rings. The fourth-order valence-corrected chi connectivity index (χ4v) is 2.06. The number of nitrogens with two attached hydrogens (primary N) is 2. The van der Waals surface area contributed by atoms with Gasteiger partial charge in [0, 0.05) is 0 Å². The Morgan fingerprint density at radius 3 is 2.25 bits per heavy atom. The second kappa shape index (κ2) is 8.34. The topological polar surface area (TPSA) is 98.2 Å². The average Bonchev–Trinajstić information content (AvgIpc) is 2.46. The van der Waals surface area contributed by atoms with Crippen molar-refractivity contribution >= 4 is 24.2 Å². The smallest absolute Gasteiger partial charge is 0.367 e. The molecule has 0 spiro atoms. The first-order chi connectivity index (χ1) is 10.5. The third-order valence-electron chi connectivity index (χ3n) is 3.57. The van der Waals surface area contributed by atoms with Gasteiger partial charge in [-0.1, -0.05) is 25.5 Å². The molecule has 0 heterocycles. The summed E-state index contributed by atoms with van der Waals surface area (Å²) >= 11 is 0. The molecule has 2 atom stereocenters. The summed E-state index contributed by atoms with van der Waals surface area (Å²) in [6.07, 6.45) is -3.55. The molecule has 0 fully saturated rings. The Labute approximate surface area is 144 Å². The molecule has 0 aromatic heterocycles. The second-order valence-corrected chi connectivity index (χ2v) is 5.45. The molecule has 24 heavy (non-hydrogen) atoms. The molecule has 2 amide bonds. The van der Waals surface area contributed by atoms with E-state index in [4.69, 9.17) is 11.5 Å². The van der Waals surface area contributed by atoms with Crippen LogP contribution < -0.4 is 16.8 Å². The van der Waals surface area contributed by atoms with E-state index in [2.05, 4.69) is 5.32 Å². The van der Waals surface area contributed by atoms with Crippen LogP contribution in [0.5, 0.6) is 0 Å². The van der Waals surface area contributed by atoms with Crippen molar-refractivity contribution in [1.82, 2.24) is 5.32 Å². The van der Waals surface area contributed by atoms with E-state index in [0.717, 1.165) is 18.2 Å². The maximum Gasteiger partial charge on any atom is 0.416 e. The van der Waals surface area contributed by atoms with E-state index < -0.39 is 35.1 Å². The fourth-order valence-electron chi connectivity index (χ4n) is 2.06. The van der Waals surface area contributed by atoms with E-state index in [1.165, 1.54) is 13.0 Å². The Bertz CT molecular complexity index is 596. The van der Waals surface area contributed by atoms with E-state index >= 15 is 0 Å². The van der Waals surface area contributed by atoms with Gasteiger partial charge in [0.2, 0.25) is 11.8 Å². The van der Waals surface area contributed by atoms with Crippen molar-refractivity contribution in [3.63, 3.8) is 0 Å². The van der Waals surface area contributed by atoms with Crippen molar-refractivity contribution in [3.8, 4) is 0 Å². The molecular weight excluding hydrogens is 347 g/mol. The predicted molar refractivity (Wildman–Crippen MR) is 86.3 cm³/mol. The summed E-state index contributed by atoms with van der Waals surface area (Å²) in [4.78, 5) is 23.8. The summed E-state index contributed by atoms with van der Waals surface area (Å²) in [6.45, 7) is 3.08.